The molecule has 72 valence electrons. The summed E-state index contributed by atoms with van der Waals surface area (Å²) in [6.07, 6.45) is 2.86. The Hall–Kier alpha value is -1.62. The Morgan fingerprint density at radius 3 is 3.14 bits per heavy atom. The summed E-state index contributed by atoms with van der Waals surface area (Å²) in [5.74, 6) is -0.497. The first-order valence-corrected chi connectivity index (χ1v) is 4.18. The van der Waals surface area contributed by atoms with Gasteiger partial charge in [0.2, 0.25) is 0 Å². The van der Waals surface area contributed by atoms with Gasteiger partial charge < -0.3 is 4.74 Å². The third-order valence-corrected chi connectivity index (χ3v) is 2.07. The van der Waals surface area contributed by atoms with E-state index in [0.717, 1.165) is 0 Å². The van der Waals surface area contributed by atoms with Crippen molar-refractivity contribution in [2.75, 3.05) is 7.11 Å². The van der Waals surface area contributed by atoms with Crippen molar-refractivity contribution in [3.63, 3.8) is 0 Å². The molecule has 6 heteroatoms. The van der Waals surface area contributed by atoms with Gasteiger partial charge in [-0.2, -0.15) is 5.10 Å². The van der Waals surface area contributed by atoms with E-state index < -0.39 is 5.97 Å². The number of hydrogen-bond donors (Lipinski definition) is 0. The Morgan fingerprint density at radius 2 is 2.43 bits per heavy atom. The maximum absolute atomic E-state index is 11.3. The minimum Gasteiger partial charge on any atom is -0.464 e. The number of carbonyl (C=O) groups excluding carboxylic acids is 1. The molecular weight excluding hydrogens is 206 g/mol. The van der Waals surface area contributed by atoms with E-state index in [1.165, 1.54) is 24.0 Å². The van der Waals surface area contributed by atoms with Crippen LogP contribution in [0.4, 0.5) is 0 Å². The zero-order valence-corrected chi connectivity index (χ0v) is 8.02. The molecule has 2 heterocycles. The van der Waals surface area contributed by atoms with E-state index in [1.54, 1.807) is 6.07 Å². The molecule has 0 aliphatic rings. The largest absolute Gasteiger partial charge is 0.464 e. The number of nitrogens with zero attached hydrogens (tertiary/aromatic N) is 3. The smallest absolute Gasteiger partial charge is 0.358 e. The van der Waals surface area contributed by atoms with Gasteiger partial charge in [-0.05, 0) is 6.07 Å². The fourth-order valence-electron chi connectivity index (χ4n) is 1.13. The van der Waals surface area contributed by atoms with Crippen LogP contribution in [0.5, 0.6) is 0 Å². The Balaban J connectivity index is 2.72. The van der Waals surface area contributed by atoms with Crippen molar-refractivity contribution in [1.82, 2.24) is 14.6 Å². The summed E-state index contributed by atoms with van der Waals surface area (Å²) in [4.78, 5) is 15.1. The van der Waals surface area contributed by atoms with Crippen molar-refractivity contribution in [3.8, 4) is 0 Å². The zero-order chi connectivity index (χ0) is 10.1. The van der Waals surface area contributed by atoms with E-state index in [0.29, 0.717) is 10.7 Å². The molecule has 0 radical (unpaired) electrons. The highest BCUT2D eigenvalue weighted by atomic mass is 35.5. The second-order valence-electron chi connectivity index (χ2n) is 2.55. The number of hydrogen-bond acceptors (Lipinski definition) is 4. The van der Waals surface area contributed by atoms with Crippen LogP contribution in [-0.4, -0.2) is 27.7 Å². The van der Waals surface area contributed by atoms with Crippen molar-refractivity contribution in [2.45, 2.75) is 0 Å². The number of carbonyl (C=O) groups is 1. The summed E-state index contributed by atoms with van der Waals surface area (Å²) in [5.41, 5.74) is 0.825. The van der Waals surface area contributed by atoms with Crippen LogP contribution in [0.15, 0.2) is 18.5 Å². The van der Waals surface area contributed by atoms with E-state index in [4.69, 9.17) is 11.6 Å². The SMILES string of the molecule is COC(=O)c1cnc(Cl)c2ccnn12. The first-order chi connectivity index (χ1) is 6.74. The Morgan fingerprint density at radius 1 is 1.64 bits per heavy atom. The summed E-state index contributed by atoms with van der Waals surface area (Å²) < 4.78 is 5.96. The van der Waals surface area contributed by atoms with Gasteiger partial charge in [0.25, 0.3) is 0 Å². The molecule has 0 saturated heterocycles. The van der Waals surface area contributed by atoms with Gasteiger partial charge in [0.05, 0.1) is 19.5 Å². The predicted molar refractivity (Wildman–Crippen MR) is 49.3 cm³/mol. The lowest BCUT2D eigenvalue weighted by atomic mass is 10.4. The summed E-state index contributed by atoms with van der Waals surface area (Å²) in [6, 6.07) is 1.67. The molecule has 2 aromatic heterocycles. The quantitative estimate of drug-likeness (QED) is 0.665. The number of fused-ring (bicyclic) bond motifs is 1. The topological polar surface area (TPSA) is 56.5 Å². The van der Waals surface area contributed by atoms with Crippen LogP contribution in [0.1, 0.15) is 10.5 Å². The molecule has 0 aliphatic heterocycles. The molecule has 0 unspecified atom stereocenters. The van der Waals surface area contributed by atoms with Gasteiger partial charge in [-0.15, -0.1) is 0 Å². The van der Waals surface area contributed by atoms with Crippen LogP contribution in [-0.2, 0) is 4.74 Å². The number of aromatic nitrogens is 3. The minimum absolute atomic E-state index is 0.247. The number of esters is 1. The summed E-state index contributed by atoms with van der Waals surface area (Å²) in [5, 5.41) is 4.24. The summed E-state index contributed by atoms with van der Waals surface area (Å²) >= 11 is 5.79. The van der Waals surface area contributed by atoms with E-state index in [2.05, 4.69) is 14.8 Å². The van der Waals surface area contributed by atoms with Gasteiger partial charge in [0.15, 0.2) is 10.8 Å². The first-order valence-electron chi connectivity index (χ1n) is 3.80. The predicted octanol–water partition coefficient (Wildman–Crippen LogP) is 1.17. The van der Waals surface area contributed by atoms with Crippen molar-refractivity contribution in [3.05, 3.63) is 29.3 Å². The van der Waals surface area contributed by atoms with E-state index in [9.17, 15) is 4.79 Å². The minimum atomic E-state index is -0.497. The standard InChI is InChI=1S/C8H6ClN3O2/c1-14-8(13)6-4-10-7(9)5-2-3-11-12(5)6/h2-4H,1H3. The van der Waals surface area contributed by atoms with Crippen LogP contribution in [0.3, 0.4) is 0 Å². The van der Waals surface area contributed by atoms with Crippen LogP contribution in [0, 0.1) is 0 Å². The number of methoxy groups -OCH3 is 1. The van der Waals surface area contributed by atoms with Crippen molar-refractivity contribution < 1.29 is 9.53 Å². The van der Waals surface area contributed by atoms with E-state index >= 15 is 0 Å². The van der Waals surface area contributed by atoms with Crippen LogP contribution in [0.2, 0.25) is 5.15 Å². The van der Waals surface area contributed by atoms with Gasteiger partial charge in [-0.25, -0.2) is 14.3 Å². The summed E-state index contributed by atoms with van der Waals surface area (Å²) in [6.45, 7) is 0. The van der Waals surface area contributed by atoms with Crippen LogP contribution in [0.25, 0.3) is 5.52 Å². The first kappa shape index (κ1) is 8.96. The molecule has 2 rings (SSSR count). The molecule has 0 aliphatic carbocycles. The molecule has 0 atom stereocenters. The molecule has 0 N–H and O–H groups in total. The third kappa shape index (κ3) is 1.22. The Kier molecular flexibility index (Phi) is 2.09. The number of rotatable bonds is 1. The highest BCUT2D eigenvalue weighted by Crippen LogP contribution is 2.15. The molecule has 0 amide bonds. The monoisotopic (exact) mass is 211 g/mol. The molecule has 0 saturated carbocycles. The number of halogens is 1. The number of ether oxygens (including phenoxy) is 1. The third-order valence-electron chi connectivity index (χ3n) is 1.78. The van der Waals surface area contributed by atoms with E-state index in [-0.39, 0.29) is 5.69 Å². The van der Waals surface area contributed by atoms with Crippen molar-refractivity contribution >= 4 is 23.1 Å². The van der Waals surface area contributed by atoms with Gasteiger partial charge in [-0.1, -0.05) is 11.6 Å². The van der Waals surface area contributed by atoms with Crippen LogP contribution < -0.4 is 0 Å². The Labute approximate surface area is 84.3 Å². The molecule has 5 nitrogen and oxygen atoms in total. The fraction of sp³-hybridized carbons (Fsp3) is 0.125. The van der Waals surface area contributed by atoms with Gasteiger partial charge in [0, 0.05) is 0 Å². The molecule has 0 spiro atoms. The second kappa shape index (κ2) is 3.26. The van der Waals surface area contributed by atoms with Gasteiger partial charge >= 0.3 is 5.97 Å². The second-order valence-corrected chi connectivity index (χ2v) is 2.91. The molecule has 0 bridgehead atoms. The van der Waals surface area contributed by atoms with Crippen LogP contribution >= 0.6 is 11.6 Å². The highest BCUT2D eigenvalue weighted by Gasteiger charge is 2.13. The molecule has 14 heavy (non-hydrogen) atoms. The maximum atomic E-state index is 11.3. The lowest BCUT2D eigenvalue weighted by Crippen LogP contribution is -2.09. The molecule has 2 aromatic rings. The zero-order valence-electron chi connectivity index (χ0n) is 7.27. The lowest BCUT2D eigenvalue weighted by molar-refractivity contribution is 0.0590. The normalized spacial score (nSPS) is 10.4. The molecule has 0 fully saturated rings. The average Bonchev–Trinajstić information content (AvgIpc) is 2.67. The van der Waals surface area contributed by atoms with E-state index in [1.807, 2.05) is 0 Å². The highest BCUT2D eigenvalue weighted by molar-refractivity contribution is 6.32. The fourth-order valence-corrected chi connectivity index (χ4v) is 1.33. The van der Waals surface area contributed by atoms with Gasteiger partial charge in [0.1, 0.15) is 5.52 Å². The molecular formula is C8H6ClN3O2. The molecule has 0 aromatic carbocycles. The maximum Gasteiger partial charge on any atom is 0.358 e. The Bertz CT molecular complexity index is 494. The van der Waals surface area contributed by atoms with Gasteiger partial charge in [-0.3, -0.25) is 0 Å². The summed E-state index contributed by atoms with van der Waals surface area (Å²) in [7, 11) is 1.30. The van der Waals surface area contributed by atoms with Crippen molar-refractivity contribution in [1.29, 1.82) is 0 Å². The van der Waals surface area contributed by atoms with Crippen molar-refractivity contribution in [2.24, 2.45) is 0 Å². The average molecular weight is 212 g/mol. The lowest BCUT2D eigenvalue weighted by Gasteiger charge is -2.02.